The Morgan fingerprint density at radius 3 is 2.68 bits per heavy atom. The van der Waals surface area contributed by atoms with Crippen molar-refractivity contribution in [1.82, 2.24) is 20.0 Å². The third-order valence-electron chi connectivity index (χ3n) is 4.19. The average Bonchev–Trinajstić information content (AvgIpc) is 2.93. The maximum absolute atomic E-state index is 11.8. The number of carbonyl (C=O) groups excluding carboxylic acids is 1. The molecule has 22 heavy (non-hydrogen) atoms. The van der Waals surface area contributed by atoms with Crippen LogP contribution in [0.25, 0.3) is 0 Å². The Labute approximate surface area is 134 Å². The van der Waals surface area contributed by atoms with E-state index in [-0.39, 0.29) is 5.91 Å². The molecule has 2 heterocycles. The first-order valence-corrected chi connectivity index (χ1v) is 8.27. The predicted molar refractivity (Wildman–Crippen MR) is 87.9 cm³/mol. The van der Waals surface area contributed by atoms with Crippen molar-refractivity contribution in [2.45, 2.75) is 12.5 Å². The van der Waals surface area contributed by atoms with Gasteiger partial charge in [0.05, 0.1) is 13.2 Å². The number of likely N-dealkylation sites (tertiary alicyclic amines) is 1. The largest absolute Gasteiger partial charge is 0.379 e. The number of rotatable bonds is 7. The van der Waals surface area contributed by atoms with Gasteiger partial charge in [0.15, 0.2) is 0 Å². The zero-order valence-corrected chi connectivity index (χ0v) is 14.0. The molecule has 126 valence electrons. The molecule has 6 heteroatoms. The average molecular weight is 310 g/mol. The molecule has 1 atom stereocenters. The van der Waals surface area contributed by atoms with Crippen LogP contribution in [0.15, 0.2) is 12.2 Å². The number of carbonyl (C=O) groups is 1. The third kappa shape index (κ3) is 6.44. The Balaban J connectivity index is 1.60. The summed E-state index contributed by atoms with van der Waals surface area (Å²) in [5, 5.41) is 3.10. The number of nitrogens with zero attached hydrogens (tertiary/aromatic N) is 3. The molecule has 0 aromatic rings. The van der Waals surface area contributed by atoms with Gasteiger partial charge in [-0.1, -0.05) is 6.08 Å². The maximum Gasteiger partial charge on any atom is 0.243 e. The molecule has 2 aliphatic rings. The second-order valence-electron chi connectivity index (χ2n) is 6.41. The van der Waals surface area contributed by atoms with Crippen molar-refractivity contribution in [3.8, 4) is 0 Å². The Morgan fingerprint density at radius 2 is 1.95 bits per heavy atom. The third-order valence-corrected chi connectivity index (χ3v) is 4.19. The summed E-state index contributed by atoms with van der Waals surface area (Å²) in [5.41, 5.74) is 0. The summed E-state index contributed by atoms with van der Waals surface area (Å²) in [4.78, 5) is 18.8. The fourth-order valence-electron chi connectivity index (χ4n) is 2.88. The van der Waals surface area contributed by atoms with E-state index in [2.05, 4.69) is 15.1 Å². The summed E-state index contributed by atoms with van der Waals surface area (Å²) >= 11 is 0. The molecule has 1 N–H and O–H groups in total. The van der Waals surface area contributed by atoms with Crippen LogP contribution in [0.4, 0.5) is 0 Å². The molecule has 2 aliphatic heterocycles. The van der Waals surface area contributed by atoms with Crippen LogP contribution in [0.1, 0.15) is 6.42 Å². The number of hydrogen-bond acceptors (Lipinski definition) is 5. The highest BCUT2D eigenvalue weighted by atomic mass is 16.5. The smallest absolute Gasteiger partial charge is 0.243 e. The van der Waals surface area contributed by atoms with Crippen LogP contribution in [0, 0.1) is 0 Å². The van der Waals surface area contributed by atoms with Gasteiger partial charge in [-0.25, -0.2) is 0 Å². The van der Waals surface area contributed by atoms with Gasteiger partial charge < -0.3 is 15.0 Å². The Kier molecular flexibility index (Phi) is 7.32. The van der Waals surface area contributed by atoms with Crippen LogP contribution in [0.3, 0.4) is 0 Å². The molecular formula is C16H30N4O2. The van der Waals surface area contributed by atoms with Crippen LogP contribution in [0.2, 0.25) is 0 Å². The standard InChI is InChI=1S/C16H30N4O2/c1-18(2)6-3-4-16(21)17-15-5-7-20(14-15)9-8-19-10-12-22-13-11-19/h3-4,15H,5-14H2,1-2H3,(H,17,21)/b4-3+. The lowest BCUT2D eigenvalue weighted by Crippen LogP contribution is -2.42. The summed E-state index contributed by atoms with van der Waals surface area (Å²) < 4.78 is 5.37. The zero-order chi connectivity index (χ0) is 15.8. The van der Waals surface area contributed by atoms with E-state index >= 15 is 0 Å². The zero-order valence-electron chi connectivity index (χ0n) is 14.0. The predicted octanol–water partition coefficient (Wildman–Crippen LogP) is -0.373. The van der Waals surface area contributed by atoms with Crippen LogP contribution in [-0.4, -0.2) is 99.8 Å². The number of likely N-dealkylation sites (N-methyl/N-ethyl adjacent to an activating group) is 1. The quantitative estimate of drug-likeness (QED) is 0.650. The molecule has 0 saturated carbocycles. The normalized spacial score (nSPS) is 24.4. The van der Waals surface area contributed by atoms with Crippen molar-refractivity contribution >= 4 is 5.91 Å². The first-order chi connectivity index (χ1) is 10.6. The molecule has 0 aromatic heterocycles. The molecule has 1 unspecified atom stereocenters. The highest BCUT2D eigenvalue weighted by Crippen LogP contribution is 2.09. The molecule has 0 spiro atoms. The summed E-state index contributed by atoms with van der Waals surface area (Å²) in [7, 11) is 3.98. The second-order valence-corrected chi connectivity index (χ2v) is 6.41. The van der Waals surface area contributed by atoms with E-state index in [0.29, 0.717) is 6.04 Å². The Morgan fingerprint density at radius 1 is 1.23 bits per heavy atom. The van der Waals surface area contributed by atoms with Crippen LogP contribution < -0.4 is 5.32 Å². The van der Waals surface area contributed by atoms with E-state index in [9.17, 15) is 4.79 Å². The molecule has 0 aromatic carbocycles. The highest BCUT2D eigenvalue weighted by Gasteiger charge is 2.23. The molecule has 2 rings (SSSR count). The van der Waals surface area contributed by atoms with Gasteiger partial charge in [-0.05, 0) is 20.5 Å². The van der Waals surface area contributed by atoms with Crippen LogP contribution in [-0.2, 0) is 9.53 Å². The van der Waals surface area contributed by atoms with Gasteiger partial charge in [0.2, 0.25) is 5.91 Å². The minimum absolute atomic E-state index is 0.0295. The fraction of sp³-hybridized carbons (Fsp3) is 0.812. The van der Waals surface area contributed by atoms with Gasteiger partial charge in [0.1, 0.15) is 0 Å². The lowest BCUT2D eigenvalue weighted by Gasteiger charge is -2.28. The SMILES string of the molecule is CN(C)C/C=C/C(=O)NC1CCN(CCN2CCOCC2)C1. The molecule has 2 fully saturated rings. The second kappa shape index (κ2) is 9.25. The topological polar surface area (TPSA) is 48.1 Å². The fourth-order valence-corrected chi connectivity index (χ4v) is 2.88. The molecule has 0 radical (unpaired) electrons. The molecule has 0 bridgehead atoms. The van der Waals surface area contributed by atoms with Crippen LogP contribution >= 0.6 is 0 Å². The van der Waals surface area contributed by atoms with Gasteiger partial charge >= 0.3 is 0 Å². The first kappa shape index (κ1) is 17.4. The van der Waals surface area contributed by atoms with Crippen molar-refractivity contribution in [3.63, 3.8) is 0 Å². The lowest BCUT2D eigenvalue weighted by atomic mass is 10.2. The van der Waals surface area contributed by atoms with E-state index in [4.69, 9.17) is 4.74 Å². The van der Waals surface area contributed by atoms with E-state index in [1.165, 1.54) is 0 Å². The number of amides is 1. The van der Waals surface area contributed by atoms with Crippen molar-refractivity contribution in [3.05, 3.63) is 12.2 Å². The van der Waals surface area contributed by atoms with Gasteiger partial charge in [0, 0.05) is 57.9 Å². The van der Waals surface area contributed by atoms with Crippen molar-refractivity contribution in [2.75, 3.05) is 73.1 Å². The molecule has 2 saturated heterocycles. The highest BCUT2D eigenvalue weighted by molar-refractivity contribution is 5.87. The Bertz CT molecular complexity index is 367. The van der Waals surface area contributed by atoms with Gasteiger partial charge in [-0.2, -0.15) is 0 Å². The van der Waals surface area contributed by atoms with Gasteiger partial charge in [0.25, 0.3) is 0 Å². The van der Waals surface area contributed by atoms with Crippen LogP contribution in [0.5, 0.6) is 0 Å². The summed E-state index contributed by atoms with van der Waals surface area (Å²) in [6.45, 7) is 8.85. The van der Waals surface area contributed by atoms with E-state index < -0.39 is 0 Å². The minimum Gasteiger partial charge on any atom is -0.379 e. The van der Waals surface area contributed by atoms with Crippen molar-refractivity contribution < 1.29 is 9.53 Å². The van der Waals surface area contributed by atoms with E-state index in [0.717, 1.165) is 65.4 Å². The summed E-state index contributed by atoms with van der Waals surface area (Å²) in [5.74, 6) is 0.0295. The lowest BCUT2D eigenvalue weighted by molar-refractivity contribution is -0.117. The monoisotopic (exact) mass is 310 g/mol. The van der Waals surface area contributed by atoms with Crippen molar-refractivity contribution in [1.29, 1.82) is 0 Å². The Hall–Kier alpha value is -0.950. The maximum atomic E-state index is 11.8. The minimum atomic E-state index is 0.0295. The molecule has 1 amide bonds. The number of morpholine rings is 1. The molecule has 6 nitrogen and oxygen atoms in total. The molecule has 0 aliphatic carbocycles. The van der Waals surface area contributed by atoms with E-state index in [1.54, 1.807) is 6.08 Å². The first-order valence-electron chi connectivity index (χ1n) is 8.27. The number of nitrogens with one attached hydrogen (secondary N) is 1. The van der Waals surface area contributed by atoms with Gasteiger partial charge in [-0.15, -0.1) is 0 Å². The van der Waals surface area contributed by atoms with E-state index in [1.807, 2.05) is 25.1 Å². The molecular weight excluding hydrogens is 280 g/mol. The summed E-state index contributed by atoms with van der Waals surface area (Å²) in [6, 6.07) is 0.293. The number of hydrogen-bond donors (Lipinski definition) is 1. The number of ether oxygens (including phenoxy) is 1. The summed E-state index contributed by atoms with van der Waals surface area (Å²) in [6.07, 6.45) is 4.60. The van der Waals surface area contributed by atoms with Crippen molar-refractivity contribution in [2.24, 2.45) is 0 Å². The van der Waals surface area contributed by atoms with Gasteiger partial charge in [-0.3, -0.25) is 14.6 Å².